The summed E-state index contributed by atoms with van der Waals surface area (Å²) in [5.74, 6) is 0.566. The first-order valence-corrected chi connectivity index (χ1v) is 7.59. The molecule has 2 N–H and O–H groups in total. The van der Waals surface area contributed by atoms with Crippen molar-refractivity contribution >= 4 is 5.91 Å². The van der Waals surface area contributed by atoms with Gasteiger partial charge in [0.2, 0.25) is 5.91 Å². The molecule has 0 heterocycles. The Morgan fingerprint density at radius 3 is 2.40 bits per heavy atom. The van der Waals surface area contributed by atoms with E-state index in [1.165, 1.54) is 11.1 Å². The van der Waals surface area contributed by atoms with E-state index in [2.05, 4.69) is 45.0 Å². The van der Waals surface area contributed by atoms with Crippen LogP contribution in [0.2, 0.25) is 0 Å². The molecular formula is C17H26N2O. The van der Waals surface area contributed by atoms with E-state index in [0.29, 0.717) is 18.5 Å². The molecule has 0 radical (unpaired) electrons. The van der Waals surface area contributed by atoms with Gasteiger partial charge in [0.1, 0.15) is 0 Å². The molecule has 1 fully saturated rings. The van der Waals surface area contributed by atoms with Gasteiger partial charge in [0, 0.05) is 12.6 Å². The van der Waals surface area contributed by atoms with E-state index in [0.717, 1.165) is 19.3 Å². The standard InChI is InChI=1S/C17H26N2O/c1-12(2)10-16(18)17(20)19(15-8-9-15)11-14-6-4-13(3)5-7-14/h4-7,12,15-16H,8-11,18H2,1-3H3/t16-/m0/s1. The second-order valence-corrected chi connectivity index (χ2v) is 6.42. The quantitative estimate of drug-likeness (QED) is 0.867. The van der Waals surface area contributed by atoms with Crippen LogP contribution in [0.4, 0.5) is 0 Å². The van der Waals surface area contributed by atoms with E-state index in [1.807, 2.05) is 4.90 Å². The topological polar surface area (TPSA) is 46.3 Å². The predicted octanol–water partition coefficient (Wildman–Crippen LogP) is 2.86. The Balaban J connectivity index is 2.03. The van der Waals surface area contributed by atoms with Crippen molar-refractivity contribution in [3.05, 3.63) is 35.4 Å². The highest BCUT2D eigenvalue weighted by atomic mass is 16.2. The highest BCUT2D eigenvalue weighted by Crippen LogP contribution is 2.29. The second-order valence-electron chi connectivity index (χ2n) is 6.42. The molecule has 0 unspecified atom stereocenters. The lowest BCUT2D eigenvalue weighted by molar-refractivity contribution is -0.134. The molecule has 1 aliphatic rings. The fourth-order valence-electron chi connectivity index (χ4n) is 2.49. The summed E-state index contributed by atoms with van der Waals surface area (Å²) in [5, 5.41) is 0. The summed E-state index contributed by atoms with van der Waals surface area (Å²) in [6.45, 7) is 6.98. The van der Waals surface area contributed by atoms with E-state index < -0.39 is 0 Å². The molecule has 0 saturated heterocycles. The first-order chi connectivity index (χ1) is 9.47. The van der Waals surface area contributed by atoms with Gasteiger partial charge in [0.25, 0.3) is 0 Å². The number of carbonyl (C=O) groups excluding carboxylic acids is 1. The Morgan fingerprint density at radius 1 is 1.30 bits per heavy atom. The summed E-state index contributed by atoms with van der Waals surface area (Å²) < 4.78 is 0. The maximum atomic E-state index is 12.5. The van der Waals surface area contributed by atoms with E-state index in [4.69, 9.17) is 5.73 Å². The van der Waals surface area contributed by atoms with E-state index in [1.54, 1.807) is 0 Å². The molecule has 3 heteroatoms. The molecule has 0 spiro atoms. The van der Waals surface area contributed by atoms with Gasteiger partial charge in [-0.3, -0.25) is 4.79 Å². The van der Waals surface area contributed by atoms with Crippen molar-refractivity contribution in [3.63, 3.8) is 0 Å². The van der Waals surface area contributed by atoms with Crippen molar-refractivity contribution in [2.45, 2.75) is 58.7 Å². The Morgan fingerprint density at radius 2 is 1.90 bits per heavy atom. The Labute approximate surface area is 122 Å². The number of nitrogens with zero attached hydrogens (tertiary/aromatic N) is 1. The number of rotatable bonds is 6. The average Bonchev–Trinajstić information content (AvgIpc) is 3.21. The van der Waals surface area contributed by atoms with Crippen LogP contribution in [0.1, 0.15) is 44.2 Å². The van der Waals surface area contributed by atoms with Gasteiger partial charge in [-0.05, 0) is 37.7 Å². The van der Waals surface area contributed by atoms with Crippen molar-refractivity contribution in [3.8, 4) is 0 Å². The minimum atomic E-state index is -0.360. The molecular weight excluding hydrogens is 248 g/mol. The van der Waals surface area contributed by atoms with Crippen LogP contribution < -0.4 is 5.73 Å². The lowest BCUT2D eigenvalue weighted by Crippen LogP contribution is -2.45. The number of carbonyl (C=O) groups is 1. The third-order valence-corrected chi connectivity index (χ3v) is 3.79. The summed E-state index contributed by atoms with van der Waals surface area (Å²) >= 11 is 0. The molecule has 1 aromatic rings. The maximum absolute atomic E-state index is 12.5. The molecule has 0 bridgehead atoms. The largest absolute Gasteiger partial charge is 0.334 e. The monoisotopic (exact) mass is 274 g/mol. The number of amides is 1. The second kappa shape index (κ2) is 6.40. The molecule has 110 valence electrons. The van der Waals surface area contributed by atoms with Crippen molar-refractivity contribution in [1.29, 1.82) is 0 Å². The first kappa shape index (κ1) is 15.0. The molecule has 2 rings (SSSR count). The van der Waals surface area contributed by atoms with Crippen LogP contribution in [0.3, 0.4) is 0 Å². The molecule has 1 aliphatic carbocycles. The summed E-state index contributed by atoms with van der Waals surface area (Å²) in [5.41, 5.74) is 8.50. The highest BCUT2D eigenvalue weighted by molar-refractivity contribution is 5.82. The van der Waals surface area contributed by atoms with Gasteiger partial charge in [-0.1, -0.05) is 43.7 Å². The Hall–Kier alpha value is -1.35. The highest BCUT2D eigenvalue weighted by Gasteiger charge is 2.34. The predicted molar refractivity (Wildman–Crippen MR) is 82.2 cm³/mol. The number of hydrogen-bond donors (Lipinski definition) is 1. The third kappa shape index (κ3) is 4.07. The molecule has 20 heavy (non-hydrogen) atoms. The van der Waals surface area contributed by atoms with E-state index >= 15 is 0 Å². The normalized spacial score (nSPS) is 16.2. The fourth-order valence-corrected chi connectivity index (χ4v) is 2.49. The van der Waals surface area contributed by atoms with Gasteiger partial charge >= 0.3 is 0 Å². The smallest absolute Gasteiger partial charge is 0.240 e. The van der Waals surface area contributed by atoms with Crippen LogP contribution in [0.15, 0.2) is 24.3 Å². The zero-order valence-corrected chi connectivity index (χ0v) is 12.8. The zero-order chi connectivity index (χ0) is 14.7. The molecule has 3 nitrogen and oxygen atoms in total. The van der Waals surface area contributed by atoms with Gasteiger partial charge in [-0.25, -0.2) is 0 Å². The van der Waals surface area contributed by atoms with Crippen LogP contribution in [-0.2, 0) is 11.3 Å². The fraction of sp³-hybridized carbons (Fsp3) is 0.588. The SMILES string of the molecule is Cc1ccc(CN(C(=O)[C@@H](N)CC(C)C)C2CC2)cc1. The Kier molecular flexibility index (Phi) is 4.81. The third-order valence-electron chi connectivity index (χ3n) is 3.79. The lowest BCUT2D eigenvalue weighted by Gasteiger charge is -2.26. The molecule has 1 aromatic carbocycles. The average molecular weight is 274 g/mol. The zero-order valence-electron chi connectivity index (χ0n) is 12.8. The van der Waals surface area contributed by atoms with E-state index in [9.17, 15) is 4.79 Å². The molecule has 0 aromatic heterocycles. The van der Waals surface area contributed by atoms with Crippen LogP contribution in [0.25, 0.3) is 0 Å². The van der Waals surface area contributed by atoms with Crippen LogP contribution >= 0.6 is 0 Å². The number of aryl methyl sites for hydroxylation is 1. The minimum Gasteiger partial charge on any atom is -0.334 e. The molecule has 0 aliphatic heterocycles. The van der Waals surface area contributed by atoms with Crippen LogP contribution in [0.5, 0.6) is 0 Å². The van der Waals surface area contributed by atoms with Crippen molar-refractivity contribution in [2.24, 2.45) is 11.7 Å². The summed E-state index contributed by atoms with van der Waals surface area (Å²) in [6, 6.07) is 8.44. The van der Waals surface area contributed by atoms with Gasteiger partial charge in [0.05, 0.1) is 6.04 Å². The lowest BCUT2D eigenvalue weighted by atomic mass is 10.0. The van der Waals surface area contributed by atoms with E-state index in [-0.39, 0.29) is 11.9 Å². The van der Waals surface area contributed by atoms with Gasteiger partial charge in [0.15, 0.2) is 0 Å². The molecule has 1 atom stereocenters. The van der Waals surface area contributed by atoms with Crippen molar-refractivity contribution < 1.29 is 4.79 Å². The van der Waals surface area contributed by atoms with Crippen molar-refractivity contribution in [2.75, 3.05) is 0 Å². The van der Waals surface area contributed by atoms with Crippen LogP contribution in [-0.4, -0.2) is 22.9 Å². The summed E-state index contributed by atoms with van der Waals surface area (Å²) in [6.07, 6.45) is 2.99. The summed E-state index contributed by atoms with van der Waals surface area (Å²) in [4.78, 5) is 14.5. The number of nitrogens with two attached hydrogens (primary N) is 1. The van der Waals surface area contributed by atoms with Crippen LogP contribution in [0, 0.1) is 12.8 Å². The molecule has 1 amide bonds. The molecule has 1 saturated carbocycles. The number of hydrogen-bond acceptors (Lipinski definition) is 2. The number of benzene rings is 1. The Bertz CT molecular complexity index is 449. The van der Waals surface area contributed by atoms with Gasteiger partial charge in [-0.2, -0.15) is 0 Å². The minimum absolute atomic E-state index is 0.113. The van der Waals surface area contributed by atoms with Gasteiger partial charge < -0.3 is 10.6 Å². The summed E-state index contributed by atoms with van der Waals surface area (Å²) in [7, 11) is 0. The van der Waals surface area contributed by atoms with Gasteiger partial charge in [-0.15, -0.1) is 0 Å². The maximum Gasteiger partial charge on any atom is 0.240 e. The van der Waals surface area contributed by atoms with Crippen molar-refractivity contribution in [1.82, 2.24) is 4.90 Å². The first-order valence-electron chi connectivity index (χ1n) is 7.59.